The van der Waals surface area contributed by atoms with Gasteiger partial charge in [-0.2, -0.15) is 0 Å². The zero-order valence-corrected chi connectivity index (χ0v) is 14.8. The molecule has 1 aliphatic heterocycles. The van der Waals surface area contributed by atoms with Crippen molar-refractivity contribution in [1.82, 2.24) is 0 Å². The Morgan fingerprint density at radius 1 is 1.04 bits per heavy atom. The number of rotatable bonds is 6. The van der Waals surface area contributed by atoms with Crippen LogP contribution in [0, 0.1) is 0 Å². The fraction of sp³-hybridized carbons (Fsp3) is 0.333. The Morgan fingerprint density at radius 2 is 1.54 bits per heavy atom. The van der Waals surface area contributed by atoms with Gasteiger partial charge in [0.15, 0.2) is 0 Å². The minimum Gasteiger partial charge on any atom is -0.383 e. The molecule has 1 unspecified atom stereocenters. The summed E-state index contributed by atoms with van der Waals surface area (Å²) in [6.45, 7) is 1.65. The van der Waals surface area contributed by atoms with Crippen LogP contribution >= 0.6 is 7.60 Å². The molecule has 0 bridgehead atoms. The van der Waals surface area contributed by atoms with Crippen molar-refractivity contribution in [3.63, 3.8) is 0 Å². The predicted molar refractivity (Wildman–Crippen MR) is 90.6 cm³/mol. The van der Waals surface area contributed by atoms with Gasteiger partial charge in [-0.05, 0) is 18.1 Å². The molecule has 0 radical (unpaired) electrons. The molecule has 6 heteroatoms. The van der Waals surface area contributed by atoms with Crippen LogP contribution in [-0.4, -0.2) is 25.4 Å². The molecule has 1 heterocycles. The van der Waals surface area contributed by atoms with E-state index in [1.807, 2.05) is 48.5 Å². The molecule has 24 heavy (non-hydrogen) atoms. The first-order valence-corrected chi connectivity index (χ1v) is 9.19. The summed E-state index contributed by atoms with van der Waals surface area (Å²) in [5.74, 6) is 0. The van der Waals surface area contributed by atoms with E-state index in [9.17, 15) is 9.67 Å². The fourth-order valence-electron chi connectivity index (χ4n) is 3.18. The van der Waals surface area contributed by atoms with Gasteiger partial charge in [0.1, 0.15) is 11.7 Å². The number of aliphatic hydroxyl groups is 1. The van der Waals surface area contributed by atoms with Crippen LogP contribution in [0.5, 0.6) is 0 Å². The molecular formula is C18H21O5P. The van der Waals surface area contributed by atoms with Crippen molar-refractivity contribution >= 4 is 7.60 Å². The van der Waals surface area contributed by atoms with Crippen molar-refractivity contribution in [2.75, 3.05) is 14.2 Å². The lowest BCUT2D eigenvalue weighted by atomic mass is 9.89. The largest absolute Gasteiger partial charge is 0.383 e. The van der Waals surface area contributed by atoms with Crippen LogP contribution in [0.2, 0.25) is 0 Å². The Bertz CT molecular complexity index is 739. The number of epoxide rings is 1. The first-order chi connectivity index (χ1) is 11.4. The Morgan fingerprint density at radius 3 is 2.04 bits per heavy atom. The normalized spacial score (nSPS) is 25.9. The summed E-state index contributed by atoms with van der Waals surface area (Å²) in [6.07, 6.45) is -0.763. The van der Waals surface area contributed by atoms with Crippen LogP contribution in [0.3, 0.4) is 0 Å². The van der Waals surface area contributed by atoms with Crippen LogP contribution in [0.25, 0.3) is 0 Å². The highest BCUT2D eigenvalue weighted by Crippen LogP contribution is 2.76. The van der Waals surface area contributed by atoms with Crippen LogP contribution in [0.15, 0.2) is 60.7 Å². The minimum absolute atomic E-state index is 0.651. The molecule has 1 N–H and O–H groups in total. The zero-order valence-electron chi connectivity index (χ0n) is 13.9. The summed E-state index contributed by atoms with van der Waals surface area (Å²) in [6, 6.07) is 18.2. The van der Waals surface area contributed by atoms with E-state index < -0.39 is 24.6 Å². The second-order valence-corrected chi connectivity index (χ2v) is 8.33. The SMILES string of the molecule is COP(=O)(OC)[C@]1(c2ccccc2)O[C@@H]1C(C)(O)c1ccccc1. The lowest BCUT2D eigenvalue weighted by molar-refractivity contribution is 0.0258. The first kappa shape index (κ1) is 17.3. The molecule has 0 amide bonds. The highest BCUT2D eigenvalue weighted by atomic mass is 31.2. The Balaban J connectivity index is 2.10. The minimum atomic E-state index is -3.65. The van der Waals surface area contributed by atoms with Gasteiger partial charge in [-0.25, -0.2) is 0 Å². The number of ether oxygens (including phenoxy) is 1. The summed E-state index contributed by atoms with van der Waals surface area (Å²) in [5.41, 5.74) is -0.0334. The third-order valence-corrected chi connectivity index (χ3v) is 6.91. The van der Waals surface area contributed by atoms with Gasteiger partial charge in [0.05, 0.1) is 0 Å². The maximum Gasteiger partial charge on any atom is 0.369 e. The van der Waals surface area contributed by atoms with Crippen LogP contribution in [0.1, 0.15) is 18.1 Å². The Hall–Kier alpha value is -1.49. The smallest absolute Gasteiger partial charge is 0.369 e. The Kier molecular flexibility index (Phi) is 4.41. The van der Waals surface area contributed by atoms with Crippen molar-refractivity contribution in [1.29, 1.82) is 0 Å². The standard InChI is InChI=1S/C18H21O5P/c1-17(19,14-10-6-4-7-11-14)16-18(23-16,24(20,21-2)22-3)15-12-8-5-9-13-15/h4-13,16,19H,1-3H3/t16-,17?,18+/m1/s1. The summed E-state index contributed by atoms with van der Waals surface area (Å²) < 4.78 is 29.6. The molecule has 128 valence electrons. The van der Waals surface area contributed by atoms with Gasteiger partial charge in [-0.15, -0.1) is 0 Å². The van der Waals surface area contributed by atoms with Crippen molar-refractivity contribution in [3.8, 4) is 0 Å². The molecular weight excluding hydrogens is 327 g/mol. The van der Waals surface area contributed by atoms with Gasteiger partial charge in [-0.3, -0.25) is 4.57 Å². The number of benzene rings is 2. The highest BCUT2D eigenvalue weighted by molar-refractivity contribution is 7.55. The van der Waals surface area contributed by atoms with Gasteiger partial charge in [0.25, 0.3) is 0 Å². The highest BCUT2D eigenvalue weighted by Gasteiger charge is 2.76. The fourth-order valence-corrected chi connectivity index (χ4v) is 5.11. The van der Waals surface area contributed by atoms with E-state index >= 15 is 0 Å². The van der Waals surface area contributed by atoms with Crippen LogP contribution < -0.4 is 0 Å². The maximum absolute atomic E-state index is 13.2. The molecule has 2 aromatic carbocycles. The van der Waals surface area contributed by atoms with Crippen molar-refractivity contribution in [2.24, 2.45) is 0 Å². The third kappa shape index (κ3) is 2.44. The monoisotopic (exact) mass is 348 g/mol. The summed E-state index contributed by atoms with van der Waals surface area (Å²) in [4.78, 5) is 0. The second kappa shape index (κ2) is 6.10. The van der Waals surface area contributed by atoms with Crippen LogP contribution in [0.4, 0.5) is 0 Å². The van der Waals surface area contributed by atoms with Crippen LogP contribution in [-0.2, 0) is 29.3 Å². The molecule has 3 rings (SSSR count). The van der Waals surface area contributed by atoms with Gasteiger partial charge < -0.3 is 18.9 Å². The second-order valence-electron chi connectivity index (χ2n) is 5.94. The van der Waals surface area contributed by atoms with E-state index in [4.69, 9.17) is 13.8 Å². The van der Waals surface area contributed by atoms with Crippen molar-refractivity contribution in [2.45, 2.75) is 24.0 Å². The molecule has 0 aromatic heterocycles. The molecule has 0 spiro atoms. The van der Waals surface area contributed by atoms with E-state index in [1.165, 1.54) is 14.2 Å². The van der Waals surface area contributed by atoms with Gasteiger partial charge >= 0.3 is 7.60 Å². The van der Waals surface area contributed by atoms with Crippen molar-refractivity contribution in [3.05, 3.63) is 71.8 Å². The molecule has 1 saturated heterocycles. The molecule has 0 saturated carbocycles. The first-order valence-electron chi connectivity index (χ1n) is 7.65. The number of hydrogen-bond acceptors (Lipinski definition) is 5. The molecule has 2 aromatic rings. The van der Waals surface area contributed by atoms with Crippen molar-refractivity contribution < 1.29 is 23.5 Å². The average molecular weight is 348 g/mol. The summed E-state index contributed by atoms with van der Waals surface area (Å²) in [7, 11) is -1.00. The topological polar surface area (TPSA) is 68.3 Å². The lowest BCUT2D eigenvalue weighted by Crippen LogP contribution is -2.33. The molecule has 1 fully saturated rings. The van der Waals surface area contributed by atoms with E-state index in [1.54, 1.807) is 19.1 Å². The van der Waals surface area contributed by atoms with E-state index in [2.05, 4.69) is 0 Å². The maximum atomic E-state index is 13.2. The molecule has 5 nitrogen and oxygen atoms in total. The Labute approximate surface area is 141 Å². The quantitative estimate of drug-likeness (QED) is 0.638. The third-order valence-electron chi connectivity index (χ3n) is 4.54. The van der Waals surface area contributed by atoms with Gasteiger partial charge in [-0.1, -0.05) is 60.7 Å². The lowest BCUT2D eigenvalue weighted by Gasteiger charge is -2.27. The molecule has 0 aliphatic carbocycles. The van der Waals surface area contributed by atoms with E-state index in [-0.39, 0.29) is 0 Å². The predicted octanol–water partition coefficient (Wildman–Crippen LogP) is 3.63. The average Bonchev–Trinajstić information content (AvgIpc) is 3.41. The van der Waals surface area contributed by atoms with Gasteiger partial charge in [0, 0.05) is 14.2 Å². The summed E-state index contributed by atoms with van der Waals surface area (Å²) in [5, 5.41) is 9.78. The number of hydrogen-bond donors (Lipinski definition) is 1. The van der Waals surface area contributed by atoms with E-state index in [0.717, 1.165) is 0 Å². The zero-order chi connectivity index (χ0) is 17.4. The van der Waals surface area contributed by atoms with E-state index in [0.29, 0.717) is 11.1 Å². The van der Waals surface area contributed by atoms with Gasteiger partial charge in [0.2, 0.25) is 5.34 Å². The molecule has 3 atom stereocenters. The molecule has 1 aliphatic rings. The summed E-state index contributed by atoms with van der Waals surface area (Å²) >= 11 is 0.